The van der Waals surface area contributed by atoms with Crippen LogP contribution in [0.15, 0.2) is 24.4 Å². The van der Waals surface area contributed by atoms with Crippen molar-refractivity contribution >= 4 is 11.4 Å². The van der Waals surface area contributed by atoms with Crippen LogP contribution in [0.2, 0.25) is 0 Å². The van der Waals surface area contributed by atoms with Gasteiger partial charge < -0.3 is 10.1 Å². The Morgan fingerprint density at radius 3 is 3.00 bits per heavy atom. The number of nitrogens with two attached hydrogens (primary N) is 1. The first-order valence-electron chi connectivity index (χ1n) is 4.54. The third-order valence-corrected chi connectivity index (χ3v) is 2.19. The molecule has 0 spiro atoms. The van der Waals surface area contributed by atoms with Crippen molar-refractivity contribution in [3.8, 4) is 0 Å². The van der Waals surface area contributed by atoms with Crippen molar-refractivity contribution in [2.24, 2.45) is 5.73 Å². The summed E-state index contributed by atoms with van der Waals surface area (Å²) in [6, 6.07) is 5.78. The molecule has 2 heterocycles. The summed E-state index contributed by atoms with van der Waals surface area (Å²) in [4.78, 5) is 4.32. The van der Waals surface area contributed by atoms with E-state index < -0.39 is 0 Å². The summed E-state index contributed by atoms with van der Waals surface area (Å²) in [6.07, 6.45) is 2.77. The zero-order valence-corrected chi connectivity index (χ0v) is 7.99. The number of pyridine rings is 1. The molecule has 0 saturated heterocycles. The first kappa shape index (κ1) is 8.74. The molecule has 4 heteroatoms. The summed E-state index contributed by atoms with van der Waals surface area (Å²) in [6.45, 7) is 2.03. The zero-order valence-electron chi connectivity index (χ0n) is 7.99. The number of amidine groups is 1. The molecule has 2 rings (SSSR count). The Bertz CT molecular complexity index is 484. The van der Waals surface area contributed by atoms with Gasteiger partial charge in [0.05, 0.1) is 5.52 Å². The lowest BCUT2D eigenvalue weighted by Crippen LogP contribution is -2.11. The molecule has 0 atom stereocenters. The van der Waals surface area contributed by atoms with Crippen LogP contribution in [-0.4, -0.2) is 15.2 Å². The SMILES string of the molecule is CCc1nc(C(=N)N)c2ccccn12. The van der Waals surface area contributed by atoms with Crippen LogP contribution in [0, 0.1) is 5.41 Å². The lowest BCUT2D eigenvalue weighted by atomic mass is 10.3. The summed E-state index contributed by atoms with van der Waals surface area (Å²) in [5.74, 6) is 0.958. The Kier molecular flexibility index (Phi) is 1.96. The van der Waals surface area contributed by atoms with Crippen molar-refractivity contribution in [1.29, 1.82) is 5.41 Å². The van der Waals surface area contributed by atoms with Crippen molar-refractivity contribution in [1.82, 2.24) is 9.38 Å². The molecule has 0 radical (unpaired) electrons. The monoisotopic (exact) mass is 188 g/mol. The number of aromatic nitrogens is 2. The van der Waals surface area contributed by atoms with Crippen LogP contribution in [-0.2, 0) is 6.42 Å². The minimum Gasteiger partial charge on any atom is -0.382 e. The van der Waals surface area contributed by atoms with Gasteiger partial charge in [-0.1, -0.05) is 13.0 Å². The highest BCUT2D eigenvalue weighted by atomic mass is 15.0. The predicted octanol–water partition coefficient (Wildman–Crippen LogP) is 1.18. The van der Waals surface area contributed by atoms with E-state index in [1.165, 1.54) is 0 Å². The molecular formula is C10H12N4. The largest absolute Gasteiger partial charge is 0.382 e. The highest BCUT2D eigenvalue weighted by Crippen LogP contribution is 2.12. The second kappa shape index (κ2) is 3.14. The van der Waals surface area contributed by atoms with Crippen LogP contribution in [0.4, 0.5) is 0 Å². The lowest BCUT2D eigenvalue weighted by molar-refractivity contribution is 0.932. The molecular weight excluding hydrogens is 176 g/mol. The Labute approximate surface area is 81.9 Å². The number of hydrogen-bond donors (Lipinski definition) is 2. The highest BCUT2D eigenvalue weighted by Gasteiger charge is 2.10. The van der Waals surface area contributed by atoms with Gasteiger partial charge in [0.25, 0.3) is 0 Å². The van der Waals surface area contributed by atoms with Gasteiger partial charge >= 0.3 is 0 Å². The second-order valence-electron chi connectivity index (χ2n) is 3.10. The van der Waals surface area contributed by atoms with E-state index in [1.54, 1.807) is 0 Å². The van der Waals surface area contributed by atoms with Crippen molar-refractivity contribution < 1.29 is 0 Å². The first-order chi connectivity index (χ1) is 6.74. The summed E-state index contributed by atoms with van der Waals surface area (Å²) in [5, 5.41) is 7.41. The average molecular weight is 188 g/mol. The van der Waals surface area contributed by atoms with Gasteiger partial charge in [-0.05, 0) is 12.1 Å². The normalized spacial score (nSPS) is 10.6. The number of hydrogen-bond acceptors (Lipinski definition) is 2. The fourth-order valence-electron chi connectivity index (χ4n) is 1.55. The third-order valence-electron chi connectivity index (χ3n) is 2.19. The van der Waals surface area contributed by atoms with Crippen LogP contribution in [0.1, 0.15) is 18.4 Å². The Hall–Kier alpha value is -1.84. The first-order valence-corrected chi connectivity index (χ1v) is 4.54. The lowest BCUT2D eigenvalue weighted by Gasteiger charge is -1.96. The fraction of sp³-hybridized carbons (Fsp3) is 0.200. The topological polar surface area (TPSA) is 67.2 Å². The molecule has 2 aromatic heterocycles. The van der Waals surface area contributed by atoms with E-state index in [2.05, 4.69) is 4.98 Å². The van der Waals surface area contributed by atoms with E-state index in [9.17, 15) is 0 Å². The smallest absolute Gasteiger partial charge is 0.144 e. The zero-order chi connectivity index (χ0) is 10.1. The quantitative estimate of drug-likeness (QED) is 0.549. The number of fused-ring (bicyclic) bond motifs is 1. The molecule has 0 fully saturated rings. The minimum absolute atomic E-state index is 0.0217. The van der Waals surface area contributed by atoms with Gasteiger partial charge in [-0.3, -0.25) is 5.41 Å². The maximum absolute atomic E-state index is 7.41. The molecule has 0 saturated carbocycles. The minimum atomic E-state index is 0.0217. The number of imidazole rings is 1. The second-order valence-corrected chi connectivity index (χ2v) is 3.10. The molecule has 72 valence electrons. The van der Waals surface area contributed by atoms with Crippen molar-refractivity contribution in [3.05, 3.63) is 35.9 Å². The van der Waals surface area contributed by atoms with Gasteiger partial charge in [0, 0.05) is 12.6 Å². The van der Waals surface area contributed by atoms with E-state index in [0.717, 1.165) is 17.8 Å². The standard InChI is InChI=1S/C10H12N4/c1-2-8-13-9(10(11)12)7-5-3-4-6-14(7)8/h3-6H,2H2,1H3,(H3,11,12). The summed E-state index contributed by atoms with van der Waals surface area (Å²) < 4.78 is 1.97. The predicted molar refractivity (Wildman–Crippen MR) is 55.6 cm³/mol. The Morgan fingerprint density at radius 1 is 1.57 bits per heavy atom. The van der Waals surface area contributed by atoms with Crippen LogP contribution in [0.3, 0.4) is 0 Å². The van der Waals surface area contributed by atoms with E-state index in [0.29, 0.717) is 5.69 Å². The maximum Gasteiger partial charge on any atom is 0.144 e. The third kappa shape index (κ3) is 1.16. The molecule has 0 unspecified atom stereocenters. The van der Waals surface area contributed by atoms with Crippen LogP contribution in [0.5, 0.6) is 0 Å². The van der Waals surface area contributed by atoms with E-state index in [1.807, 2.05) is 35.7 Å². The van der Waals surface area contributed by atoms with E-state index in [4.69, 9.17) is 11.1 Å². The average Bonchev–Trinajstić information content (AvgIpc) is 2.56. The molecule has 0 amide bonds. The van der Waals surface area contributed by atoms with Gasteiger partial charge in [0.15, 0.2) is 0 Å². The molecule has 0 aliphatic carbocycles. The van der Waals surface area contributed by atoms with Gasteiger partial charge in [-0.2, -0.15) is 0 Å². The van der Waals surface area contributed by atoms with Gasteiger partial charge in [0.1, 0.15) is 17.4 Å². The van der Waals surface area contributed by atoms with Crippen molar-refractivity contribution in [2.75, 3.05) is 0 Å². The fourth-order valence-corrected chi connectivity index (χ4v) is 1.55. The van der Waals surface area contributed by atoms with Crippen LogP contribution < -0.4 is 5.73 Å². The van der Waals surface area contributed by atoms with Gasteiger partial charge in [-0.25, -0.2) is 4.98 Å². The molecule has 4 nitrogen and oxygen atoms in total. The van der Waals surface area contributed by atoms with E-state index in [-0.39, 0.29) is 5.84 Å². The summed E-state index contributed by atoms with van der Waals surface area (Å²) in [5.41, 5.74) is 6.93. The molecule has 0 aliphatic heterocycles. The molecule has 2 aromatic rings. The maximum atomic E-state index is 7.41. The molecule has 0 aromatic carbocycles. The molecule has 0 aliphatic rings. The van der Waals surface area contributed by atoms with Crippen molar-refractivity contribution in [3.63, 3.8) is 0 Å². The molecule has 14 heavy (non-hydrogen) atoms. The number of nitrogen functional groups attached to an aromatic ring is 1. The van der Waals surface area contributed by atoms with Crippen LogP contribution in [0.25, 0.3) is 5.52 Å². The summed E-state index contributed by atoms with van der Waals surface area (Å²) >= 11 is 0. The van der Waals surface area contributed by atoms with Gasteiger partial charge in [-0.15, -0.1) is 0 Å². The van der Waals surface area contributed by atoms with Gasteiger partial charge in [0.2, 0.25) is 0 Å². The number of aryl methyl sites for hydroxylation is 1. The van der Waals surface area contributed by atoms with Crippen LogP contribution >= 0.6 is 0 Å². The Morgan fingerprint density at radius 2 is 2.36 bits per heavy atom. The number of nitrogens with zero attached hydrogens (tertiary/aromatic N) is 2. The highest BCUT2D eigenvalue weighted by molar-refractivity contribution is 5.99. The number of rotatable bonds is 2. The van der Waals surface area contributed by atoms with Crippen molar-refractivity contribution in [2.45, 2.75) is 13.3 Å². The summed E-state index contributed by atoms with van der Waals surface area (Å²) in [7, 11) is 0. The molecule has 0 bridgehead atoms. The number of nitrogens with one attached hydrogen (secondary N) is 1. The Balaban J connectivity index is 2.80. The molecule has 3 N–H and O–H groups in total. The van der Waals surface area contributed by atoms with E-state index >= 15 is 0 Å².